The molecule has 2 aromatic heterocycles. The fourth-order valence-corrected chi connectivity index (χ4v) is 4.88. The van der Waals surface area contributed by atoms with Gasteiger partial charge in [0.2, 0.25) is 0 Å². The molecule has 0 aliphatic heterocycles. The van der Waals surface area contributed by atoms with E-state index >= 15 is 0 Å². The Bertz CT molecular complexity index is 1130. The first kappa shape index (κ1) is 21.3. The van der Waals surface area contributed by atoms with Crippen LogP contribution >= 0.6 is 22.7 Å². The molecule has 4 aromatic rings. The van der Waals surface area contributed by atoms with Gasteiger partial charge in [-0.25, -0.2) is 4.98 Å². The number of anilines is 1. The Morgan fingerprint density at radius 1 is 1.00 bits per heavy atom. The number of hydrogen-bond donors (Lipinski definition) is 0. The molecule has 0 N–H and O–H groups in total. The first-order chi connectivity index (χ1) is 15.0. The molecule has 0 spiro atoms. The molecule has 0 atom stereocenters. The van der Waals surface area contributed by atoms with Crippen molar-refractivity contribution in [2.75, 3.05) is 4.90 Å². The van der Waals surface area contributed by atoms with Crippen molar-refractivity contribution in [3.8, 4) is 11.3 Å². The molecule has 0 unspecified atom stereocenters. The summed E-state index contributed by atoms with van der Waals surface area (Å²) in [5.74, 6) is -0.653. The summed E-state index contributed by atoms with van der Waals surface area (Å²) in [5.41, 5.74) is 4.62. The number of thiophene rings is 1. The highest BCUT2D eigenvalue weighted by Gasteiger charge is 2.15. The van der Waals surface area contributed by atoms with Crippen molar-refractivity contribution in [1.29, 1.82) is 0 Å². The molecule has 0 aliphatic rings. The van der Waals surface area contributed by atoms with Crippen molar-refractivity contribution in [2.45, 2.75) is 32.9 Å². The van der Waals surface area contributed by atoms with E-state index in [1.807, 2.05) is 12.1 Å². The summed E-state index contributed by atoms with van der Waals surface area (Å²) in [4.78, 5) is 19.4. The Morgan fingerprint density at radius 2 is 1.74 bits per heavy atom. The van der Waals surface area contributed by atoms with Gasteiger partial charge in [-0.05, 0) is 34.1 Å². The third-order valence-corrected chi connectivity index (χ3v) is 6.89. The molecule has 158 valence electrons. The van der Waals surface area contributed by atoms with E-state index in [0.29, 0.717) is 12.5 Å². The van der Waals surface area contributed by atoms with Crippen molar-refractivity contribution >= 4 is 33.8 Å². The number of carboxylic acid groups (broad SMARTS) is 1. The maximum atomic E-state index is 11.0. The quantitative estimate of drug-likeness (QED) is 0.355. The van der Waals surface area contributed by atoms with Crippen molar-refractivity contribution in [3.05, 3.63) is 93.0 Å². The zero-order valence-electron chi connectivity index (χ0n) is 17.4. The second-order valence-corrected chi connectivity index (χ2v) is 9.58. The normalized spacial score (nSPS) is 11.1. The molecule has 2 heterocycles. The summed E-state index contributed by atoms with van der Waals surface area (Å²) in [6.45, 7) is 5.78. The van der Waals surface area contributed by atoms with Crippen LogP contribution in [0, 0.1) is 0 Å². The predicted molar refractivity (Wildman–Crippen MR) is 127 cm³/mol. The Hall–Kier alpha value is -2.96. The third kappa shape index (κ3) is 5.21. The number of carboxylic acids is 1. The van der Waals surface area contributed by atoms with Crippen LogP contribution in [0.5, 0.6) is 0 Å². The van der Waals surface area contributed by atoms with E-state index in [0.717, 1.165) is 28.5 Å². The average Bonchev–Trinajstić information content (AvgIpc) is 3.46. The number of benzene rings is 2. The summed E-state index contributed by atoms with van der Waals surface area (Å²) in [7, 11) is 0. The van der Waals surface area contributed by atoms with Gasteiger partial charge in [0, 0.05) is 22.4 Å². The summed E-state index contributed by atoms with van der Waals surface area (Å²) in [6.07, 6.45) is 0. The molecule has 0 fully saturated rings. The van der Waals surface area contributed by atoms with Crippen LogP contribution < -0.4 is 10.0 Å². The Morgan fingerprint density at radius 3 is 2.35 bits per heavy atom. The van der Waals surface area contributed by atoms with Crippen LogP contribution in [0.2, 0.25) is 0 Å². The van der Waals surface area contributed by atoms with Crippen LogP contribution in [0.4, 0.5) is 5.13 Å². The van der Waals surface area contributed by atoms with E-state index in [2.05, 4.69) is 65.9 Å². The van der Waals surface area contributed by atoms with E-state index in [9.17, 15) is 9.90 Å². The molecular weight excluding hydrogens is 424 g/mol. The minimum atomic E-state index is -1.16. The van der Waals surface area contributed by atoms with E-state index in [4.69, 9.17) is 4.98 Å². The van der Waals surface area contributed by atoms with Crippen molar-refractivity contribution in [1.82, 2.24) is 4.98 Å². The van der Waals surface area contributed by atoms with Gasteiger partial charge < -0.3 is 14.8 Å². The van der Waals surface area contributed by atoms with E-state index < -0.39 is 5.97 Å². The summed E-state index contributed by atoms with van der Waals surface area (Å²) in [5, 5.41) is 16.2. The largest absolute Gasteiger partial charge is 0.545 e. The fraction of sp³-hybridized carbons (Fsp3) is 0.200. The number of carbonyl (C=O) groups is 1. The van der Waals surface area contributed by atoms with Crippen LogP contribution in [0.15, 0.2) is 71.4 Å². The van der Waals surface area contributed by atoms with Gasteiger partial charge >= 0.3 is 0 Å². The van der Waals surface area contributed by atoms with Gasteiger partial charge in [-0.15, -0.1) is 22.7 Å². The van der Waals surface area contributed by atoms with Crippen molar-refractivity contribution in [2.24, 2.45) is 0 Å². The maximum Gasteiger partial charge on any atom is 0.186 e. The fourth-order valence-electron chi connectivity index (χ4n) is 3.33. The maximum absolute atomic E-state index is 11.0. The van der Waals surface area contributed by atoms with Gasteiger partial charge in [-0.1, -0.05) is 68.4 Å². The average molecular weight is 448 g/mol. The minimum absolute atomic E-state index is 0.190. The zero-order chi connectivity index (χ0) is 21.8. The molecule has 0 aliphatic carbocycles. The lowest BCUT2D eigenvalue weighted by atomic mass is 10.0. The topological polar surface area (TPSA) is 56.3 Å². The van der Waals surface area contributed by atoms with Crippen LogP contribution in [0.1, 0.15) is 46.1 Å². The number of aromatic nitrogens is 1. The van der Waals surface area contributed by atoms with Gasteiger partial charge in [0.25, 0.3) is 0 Å². The van der Waals surface area contributed by atoms with Crippen LogP contribution in [-0.4, -0.2) is 11.0 Å². The summed E-state index contributed by atoms with van der Waals surface area (Å²) < 4.78 is 0. The highest BCUT2D eigenvalue weighted by Crippen LogP contribution is 2.31. The number of hydrogen-bond acceptors (Lipinski definition) is 6. The number of aromatic carboxylic acids is 1. The molecule has 0 bridgehead atoms. The minimum Gasteiger partial charge on any atom is -0.545 e. The lowest BCUT2D eigenvalue weighted by Crippen LogP contribution is -2.23. The highest BCUT2D eigenvalue weighted by molar-refractivity contribution is 7.14. The third-order valence-electron chi connectivity index (χ3n) is 5.13. The Labute approximate surface area is 190 Å². The molecular formula is C25H23N2O2S2-. The van der Waals surface area contributed by atoms with Gasteiger partial charge in [0.05, 0.1) is 18.2 Å². The second-order valence-electron chi connectivity index (χ2n) is 7.71. The molecule has 0 saturated heterocycles. The highest BCUT2D eigenvalue weighted by atomic mass is 32.1. The molecule has 0 saturated carbocycles. The number of carbonyl (C=O) groups excluding carboxylic acids is 1. The molecule has 0 amide bonds. The van der Waals surface area contributed by atoms with Crippen LogP contribution in [0.25, 0.3) is 11.3 Å². The Kier molecular flexibility index (Phi) is 6.49. The summed E-state index contributed by atoms with van der Waals surface area (Å²) >= 11 is 3.35. The first-order valence-electron chi connectivity index (χ1n) is 10.1. The van der Waals surface area contributed by atoms with Gasteiger partial charge in [0.1, 0.15) is 0 Å². The molecule has 2 aromatic carbocycles. The van der Waals surface area contributed by atoms with E-state index in [1.54, 1.807) is 34.8 Å². The number of thiazole rings is 1. The van der Waals surface area contributed by atoms with Crippen molar-refractivity contribution < 1.29 is 9.90 Å². The van der Waals surface area contributed by atoms with Gasteiger partial charge in [-0.2, -0.15) is 0 Å². The summed E-state index contributed by atoms with van der Waals surface area (Å²) in [6, 6.07) is 19.6. The van der Waals surface area contributed by atoms with Crippen LogP contribution in [0.3, 0.4) is 0 Å². The van der Waals surface area contributed by atoms with Crippen molar-refractivity contribution in [3.63, 3.8) is 0 Å². The SMILES string of the molecule is CC(C)c1ccc(-c2csc(N(Cc3ccc(C(=O)[O-])cc3)Cc3cccs3)n2)cc1. The monoisotopic (exact) mass is 447 g/mol. The number of nitrogens with zero attached hydrogens (tertiary/aromatic N) is 2. The van der Waals surface area contributed by atoms with Gasteiger partial charge in [-0.3, -0.25) is 0 Å². The molecule has 31 heavy (non-hydrogen) atoms. The van der Waals surface area contributed by atoms with E-state index in [-0.39, 0.29) is 5.56 Å². The smallest absolute Gasteiger partial charge is 0.186 e. The lowest BCUT2D eigenvalue weighted by molar-refractivity contribution is -0.255. The second kappa shape index (κ2) is 9.45. The first-order valence-corrected chi connectivity index (χ1v) is 11.9. The zero-order valence-corrected chi connectivity index (χ0v) is 19.1. The molecule has 6 heteroatoms. The lowest BCUT2D eigenvalue weighted by Gasteiger charge is -2.21. The van der Waals surface area contributed by atoms with E-state index in [1.165, 1.54) is 10.4 Å². The van der Waals surface area contributed by atoms with Gasteiger partial charge in [0.15, 0.2) is 5.13 Å². The molecule has 0 radical (unpaired) electrons. The Balaban J connectivity index is 1.58. The molecule has 4 rings (SSSR count). The molecule has 4 nitrogen and oxygen atoms in total. The number of rotatable bonds is 8. The van der Waals surface area contributed by atoms with Crippen LogP contribution in [-0.2, 0) is 13.1 Å². The standard InChI is InChI=1S/C25H24N2O2S2/c1-17(2)19-9-11-20(12-10-19)23-16-31-25(26-23)27(15-22-4-3-13-30-22)14-18-5-7-21(8-6-18)24(28)29/h3-13,16-17H,14-15H2,1-2H3,(H,28,29)/p-1. The predicted octanol–water partition coefficient (Wildman–Crippen LogP) is 5.57.